The van der Waals surface area contributed by atoms with Crippen molar-refractivity contribution in [3.8, 4) is 11.5 Å². The van der Waals surface area contributed by atoms with E-state index in [2.05, 4.69) is 64.6 Å². The van der Waals surface area contributed by atoms with Crippen molar-refractivity contribution in [2.24, 2.45) is 0 Å². The first-order valence-electron chi connectivity index (χ1n) is 9.50. The van der Waals surface area contributed by atoms with Gasteiger partial charge < -0.3 is 9.47 Å². The van der Waals surface area contributed by atoms with Gasteiger partial charge in [-0.05, 0) is 81.3 Å². The van der Waals surface area contributed by atoms with Gasteiger partial charge in [-0.25, -0.2) is 0 Å². The summed E-state index contributed by atoms with van der Waals surface area (Å²) in [6.07, 6.45) is 2.99. The Morgan fingerprint density at radius 3 is 1.62 bits per heavy atom. The lowest BCUT2D eigenvalue weighted by Gasteiger charge is -2.19. The Kier molecular flexibility index (Phi) is 6.90. The van der Waals surface area contributed by atoms with Gasteiger partial charge in [0.15, 0.2) is 0 Å². The lowest BCUT2D eigenvalue weighted by molar-refractivity contribution is 0.335. The smallest absolute Gasteiger partial charge is 0.125 e. The molecule has 0 aliphatic carbocycles. The quantitative estimate of drug-likeness (QED) is 0.524. The molecule has 26 heavy (non-hydrogen) atoms. The summed E-state index contributed by atoms with van der Waals surface area (Å²) in [4.78, 5) is 0. The van der Waals surface area contributed by atoms with Crippen molar-refractivity contribution in [2.45, 2.75) is 53.9 Å². The van der Waals surface area contributed by atoms with Crippen molar-refractivity contribution >= 4 is 0 Å². The maximum absolute atomic E-state index is 5.78. The summed E-state index contributed by atoms with van der Waals surface area (Å²) >= 11 is 0. The van der Waals surface area contributed by atoms with Gasteiger partial charge in [-0.3, -0.25) is 0 Å². The molecule has 0 N–H and O–H groups in total. The average molecular weight is 353 g/mol. The largest absolute Gasteiger partial charge is 0.493 e. The van der Waals surface area contributed by atoms with E-state index in [1.807, 2.05) is 13.8 Å². The van der Waals surface area contributed by atoms with Crippen molar-refractivity contribution in [3.63, 3.8) is 0 Å². The molecule has 1 unspecified atom stereocenters. The highest BCUT2D eigenvalue weighted by Crippen LogP contribution is 2.32. The molecule has 2 aromatic carbocycles. The molecule has 0 aliphatic heterocycles. The Morgan fingerprint density at radius 2 is 1.23 bits per heavy atom. The van der Waals surface area contributed by atoms with E-state index in [1.165, 1.54) is 33.4 Å². The van der Waals surface area contributed by atoms with E-state index in [0.717, 1.165) is 17.9 Å². The van der Waals surface area contributed by atoms with Gasteiger partial charge in [0.05, 0.1) is 13.2 Å². The molecule has 0 spiro atoms. The molecule has 2 nitrogen and oxygen atoms in total. The number of hydrogen-bond donors (Lipinski definition) is 0. The number of ether oxygens (including phenoxy) is 2. The number of hydrogen-bond acceptors (Lipinski definition) is 2. The highest BCUT2D eigenvalue weighted by molar-refractivity contribution is 5.47. The summed E-state index contributed by atoms with van der Waals surface area (Å²) in [5, 5.41) is 0. The van der Waals surface area contributed by atoms with Gasteiger partial charge in [0, 0.05) is 5.92 Å². The van der Waals surface area contributed by atoms with Crippen molar-refractivity contribution in [3.05, 3.63) is 70.3 Å². The summed E-state index contributed by atoms with van der Waals surface area (Å²) in [6.45, 7) is 18.0. The highest BCUT2D eigenvalue weighted by Gasteiger charge is 2.15. The molecule has 0 radical (unpaired) electrons. The minimum Gasteiger partial charge on any atom is -0.493 e. The molecule has 0 aromatic heterocycles. The van der Waals surface area contributed by atoms with Crippen LogP contribution in [0.5, 0.6) is 11.5 Å². The lowest BCUT2D eigenvalue weighted by atomic mass is 9.88. The molecule has 0 saturated heterocycles. The van der Waals surface area contributed by atoms with Crippen LogP contribution in [0.25, 0.3) is 0 Å². The van der Waals surface area contributed by atoms with Crippen molar-refractivity contribution in [1.29, 1.82) is 0 Å². The Morgan fingerprint density at radius 1 is 0.808 bits per heavy atom. The lowest BCUT2D eigenvalue weighted by Crippen LogP contribution is -2.05. The molecule has 0 amide bonds. The third-order valence-corrected chi connectivity index (χ3v) is 4.75. The van der Waals surface area contributed by atoms with Gasteiger partial charge in [-0.15, -0.1) is 6.58 Å². The van der Waals surface area contributed by atoms with Crippen LogP contribution in [-0.2, 0) is 6.42 Å². The molecule has 1 atom stereocenters. The summed E-state index contributed by atoms with van der Waals surface area (Å²) < 4.78 is 11.6. The van der Waals surface area contributed by atoms with E-state index in [-0.39, 0.29) is 5.92 Å². The first kappa shape index (κ1) is 20.1. The van der Waals surface area contributed by atoms with E-state index < -0.39 is 0 Å². The zero-order valence-corrected chi connectivity index (χ0v) is 17.1. The fourth-order valence-electron chi connectivity index (χ4n) is 3.69. The van der Waals surface area contributed by atoms with Gasteiger partial charge in [0.2, 0.25) is 0 Å². The topological polar surface area (TPSA) is 18.5 Å². The van der Waals surface area contributed by atoms with Crippen molar-refractivity contribution in [2.75, 3.05) is 13.2 Å². The van der Waals surface area contributed by atoms with Crippen molar-refractivity contribution < 1.29 is 9.47 Å². The fourth-order valence-corrected chi connectivity index (χ4v) is 3.69. The maximum Gasteiger partial charge on any atom is 0.125 e. The number of aryl methyl sites for hydroxylation is 4. The van der Waals surface area contributed by atoms with Gasteiger partial charge in [-0.2, -0.15) is 0 Å². The maximum atomic E-state index is 5.78. The summed E-state index contributed by atoms with van der Waals surface area (Å²) in [6, 6.07) is 8.95. The Balaban J connectivity index is 2.31. The molecule has 0 aliphatic rings. The zero-order valence-electron chi connectivity index (χ0n) is 17.1. The van der Waals surface area contributed by atoms with E-state index >= 15 is 0 Å². The highest BCUT2D eigenvalue weighted by atomic mass is 16.5. The third kappa shape index (κ3) is 4.49. The van der Waals surface area contributed by atoms with E-state index in [0.29, 0.717) is 13.2 Å². The summed E-state index contributed by atoms with van der Waals surface area (Å²) in [5.74, 6) is 2.30. The number of allylic oxidation sites excluding steroid dienone is 1. The van der Waals surface area contributed by atoms with Crippen LogP contribution in [0, 0.1) is 27.7 Å². The Hall–Kier alpha value is -2.22. The van der Waals surface area contributed by atoms with Crippen LogP contribution in [0.3, 0.4) is 0 Å². The van der Waals surface area contributed by atoms with Crippen LogP contribution in [-0.4, -0.2) is 13.2 Å². The van der Waals surface area contributed by atoms with Gasteiger partial charge >= 0.3 is 0 Å². The van der Waals surface area contributed by atoms with E-state index in [4.69, 9.17) is 9.47 Å². The second kappa shape index (κ2) is 8.93. The fraction of sp³-hybridized carbons (Fsp3) is 0.417. The number of rotatable bonds is 8. The normalized spacial score (nSPS) is 11.9. The standard InChI is InChI=1S/C24H32O2/c1-8-21(22-13-18(6)24(26-10-3)19(7)14-22)15-20-11-16(4)23(25-9-2)17(5)12-20/h8,11-14,21H,1,9-10,15H2,2-7H3. The summed E-state index contributed by atoms with van der Waals surface area (Å²) in [7, 11) is 0. The molecule has 0 fully saturated rings. The molecule has 0 heterocycles. The predicted octanol–water partition coefficient (Wildman–Crippen LogP) is 6.23. The predicted molar refractivity (Wildman–Crippen MR) is 111 cm³/mol. The molecule has 2 heteroatoms. The minimum atomic E-state index is 0.278. The summed E-state index contributed by atoms with van der Waals surface area (Å²) in [5.41, 5.74) is 7.38. The van der Waals surface area contributed by atoms with Gasteiger partial charge in [0.1, 0.15) is 11.5 Å². The molecule has 140 valence electrons. The molecule has 2 aromatic rings. The molecule has 0 saturated carbocycles. The second-order valence-electron chi connectivity index (χ2n) is 6.95. The second-order valence-corrected chi connectivity index (χ2v) is 6.95. The number of benzene rings is 2. The SMILES string of the molecule is C=CC(Cc1cc(C)c(OCC)c(C)c1)c1cc(C)c(OCC)c(C)c1. The molecular weight excluding hydrogens is 320 g/mol. The van der Waals surface area contributed by atoms with Crippen LogP contribution in [0.1, 0.15) is 53.1 Å². The zero-order chi connectivity index (χ0) is 19.3. The van der Waals surface area contributed by atoms with Crippen molar-refractivity contribution in [1.82, 2.24) is 0 Å². The first-order chi connectivity index (χ1) is 12.4. The molecule has 0 bridgehead atoms. The van der Waals surface area contributed by atoms with Crippen LogP contribution in [0.4, 0.5) is 0 Å². The average Bonchev–Trinajstić information content (AvgIpc) is 2.59. The van der Waals surface area contributed by atoms with E-state index in [1.54, 1.807) is 0 Å². The molecular formula is C24H32O2. The monoisotopic (exact) mass is 352 g/mol. The van der Waals surface area contributed by atoms with Crippen LogP contribution in [0.2, 0.25) is 0 Å². The van der Waals surface area contributed by atoms with Crippen LogP contribution >= 0.6 is 0 Å². The third-order valence-electron chi connectivity index (χ3n) is 4.75. The minimum absolute atomic E-state index is 0.278. The van der Waals surface area contributed by atoms with Gasteiger partial charge in [0.25, 0.3) is 0 Å². The van der Waals surface area contributed by atoms with Crippen LogP contribution < -0.4 is 9.47 Å². The Bertz CT molecular complexity index is 728. The molecule has 2 rings (SSSR count). The van der Waals surface area contributed by atoms with Gasteiger partial charge in [-0.1, -0.05) is 30.3 Å². The van der Waals surface area contributed by atoms with E-state index in [9.17, 15) is 0 Å². The first-order valence-corrected chi connectivity index (χ1v) is 9.50. The van der Waals surface area contributed by atoms with Crippen LogP contribution in [0.15, 0.2) is 36.9 Å². The Labute approximate surface area is 158 Å².